The van der Waals surface area contributed by atoms with E-state index >= 15 is 0 Å². The summed E-state index contributed by atoms with van der Waals surface area (Å²) in [6.45, 7) is 13.4. The maximum absolute atomic E-state index is 5.24. The standard InChI is InChI=1S/C42H52N2/c1-7-11-13-16-26-35-28-38(30-40(39(35)9-3)33-22-17-14-18-23-33)43-32(6)41(10-4)44-37-27-31(5)42(34-24-19-15-20-25-34)36(29-37)21-12-8-2/h14-15,17-20,22-25,27-30H,7-13,16,21,26H2,1-6H3. The monoisotopic (exact) mass is 584 g/mol. The lowest BCUT2D eigenvalue weighted by molar-refractivity contribution is 0.665. The summed E-state index contributed by atoms with van der Waals surface area (Å²) in [5, 5.41) is 0. The normalized spacial score (nSPS) is 12.1. The molecule has 0 amide bonds. The molecule has 0 heterocycles. The predicted molar refractivity (Wildman–Crippen MR) is 194 cm³/mol. The third-order valence-electron chi connectivity index (χ3n) is 8.64. The minimum atomic E-state index is 0.835. The summed E-state index contributed by atoms with van der Waals surface area (Å²) in [7, 11) is 0. The number of hydrogen-bond acceptors (Lipinski definition) is 2. The molecule has 0 unspecified atom stereocenters. The van der Waals surface area contributed by atoms with Crippen molar-refractivity contribution in [1.29, 1.82) is 0 Å². The molecular formula is C42H52N2. The molecule has 0 bridgehead atoms. The highest BCUT2D eigenvalue weighted by atomic mass is 14.8. The van der Waals surface area contributed by atoms with E-state index in [1.165, 1.54) is 83.0 Å². The molecule has 0 saturated carbocycles. The lowest BCUT2D eigenvalue weighted by Crippen LogP contribution is -2.09. The van der Waals surface area contributed by atoms with Crippen molar-refractivity contribution in [2.24, 2.45) is 9.98 Å². The number of benzene rings is 4. The zero-order valence-electron chi connectivity index (χ0n) is 28.0. The number of hydrogen-bond donors (Lipinski definition) is 0. The van der Waals surface area contributed by atoms with Crippen LogP contribution in [0.25, 0.3) is 22.3 Å². The van der Waals surface area contributed by atoms with E-state index < -0.39 is 0 Å². The van der Waals surface area contributed by atoms with Crippen molar-refractivity contribution in [2.75, 3.05) is 0 Å². The highest BCUT2D eigenvalue weighted by molar-refractivity contribution is 6.42. The lowest BCUT2D eigenvalue weighted by atomic mass is 9.90. The Morgan fingerprint density at radius 3 is 1.86 bits per heavy atom. The van der Waals surface area contributed by atoms with Gasteiger partial charge in [-0.05, 0) is 121 Å². The third-order valence-corrected chi connectivity index (χ3v) is 8.64. The summed E-state index contributed by atoms with van der Waals surface area (Å²) in [6, 6.07) is 30.8. The molecule has 0 fully saturated rings. The topological polar surface area (TPSA) is 24.7 Å². The predicted octanol–water partition coefficient (Wildman–Crippen LogP) is 12.6. The van der Waals surface area contributed by atoms with Crippen LogP contribution in [0.3, 0.4) is 0 Å². The second-order valence-corrected chi connectivity index (χ2v) is 12.0. The van der Waals surface area contributed by atoms with Gasteiger partial charge in [-0.2, -0.15) is 0 Å². The number of nitrogens with zero attached hydrogens (tertiary/aromatic N) is 2. The van der Waals surface area contributed by atoms with Gasteiger partial charge in [0.1, 0.15) is 0 Å². The Kier molecular flexibility index (Phi) is 12.7. The van der Waals surface area contributed by atoms with Crippen molar-refractivity contribution in [3.63, 3.8) is 0 Å². The van der Waals surface area contributed by atoms with Crippen molar-refractivity contribution in [3.8, 4) is 22.3 Å². The van der Waals surface area contributed by atoms with Crippen LogP contribution in [-0.4, -0.2) is 11.4 Å². The van der Waals surface area contributed by atoms with Crippen LogP contribution >= 0.6 is 0 Å². The van der Waals surface area contributed by atoms with Crippen LogP contribution in [-0.2, 0) is 19.3 Å². The van der Waals surface area contributed by atoms with Crippen molar-refractivity contribution < 1.29 is 0 Å². The first-order valence-electron chi connectivity index (χ1n) is 17.0. The summed E-state index contributed by atoms with van der Waals surface area (Å²) in [6.07, 6.45) is 11.4. The Balaban J connectivity index is 1.75. The summed E-state index contributed by atoms with van der Waals surface area (Å²) < 4.78 is 0. The molecule has 0 radical (unpaired) electrons. The fraction of sp³-hybridized carbons (Fsp3) is 0.381. The van der Waals surface area contributed by atoms with Gasteiger partial charge in [-0.1, -0.05) is 114 Å². The Labute approximate surface area is 267 Å². The molecule has 2 heteroatoms. The van der Waals surface area contributed by atoms with Gasteiger partial charge in [-0.15, -0.1) is 0 Å². The average molecular weight is 585 g/mol. The van der Waals surface area contributed by atoms with E-state index in [0.29, 0.717) is 0 Å². The van der Waals surface area contributed by atoms with Crippen LogP contribution in [0.1, 0.15) is 102 Å². The molecule has 0 atom stereocenters. The summed E-state index contributed by atoms with van der Waals surface area (Å²) in [5.74, 6) is 0. The zero-order valence-corrected chi connectivity index (χ0v) is 28.0. The first-order chi connectivity index (χ1) is 21.5. The maximum Gasteiger partial charge on any atom is 0.0642 e. The molecule has 0 aliphatic rings. The van der Waals surface area contributed by atoms with Crippen molar-refractivity contribution in [1.82, 2.24) is 0 Å². The Bertz CT molecular complexity index is 1540. The van der Waals surface area contributed by atoms with E-state index in [1.807, 2.05) is 0 Å². The molecule has 44 heavy (non-hydrogen) atoms. The van der Waals surface area contributed by atoms with Crippen LogP contribution < -0.4 is 0 Å². The molecule has 0 N–H and O–H groups in total. The molecule has 2 nitrogen and oxygen atoms in total. The van der Waals surface area contributed by atoms with E-state index in [-0.39, 0.29) is 0 Å². The Morgan fingerprint density at radius 2 is 1.23 bits per heavy atom. The van der Waals surface area contributed by atoms with Crippen molar-refractivity contribution in [3.05, 3.63) is 107 Å². The Morgan fingerprint density at radius 1 is 0.614 bits per heavy atom. The summed E-state index contributed by atoms with van der Waals surface area (Å²) in [4.78, 5) is 10.5. The molecule has 4 aromatic rings. The van der Waals surface area contributed by atoms with Gasteiger partial charge in [0.2, 0.25) is 0 Å². The van der Waals surface area contributed by atoms with Crippen LogP contribution in [0.15, 0.2) is 94.9 Å². The number of rotatable bonds is 15. The fourth-order valence-electron chi connectivity index (χ4n) is 6.35. The lowest BCUT2D eigenvalue weighted by Gasteiger charge is -2.17. The van der Waals surface area contributed by atoms with Gasteiger partial charge in [0, 0.05) is 0 Å². The molecule has 0 aromatic heterocycles. The zero-order chi connectivity index (χ0) is 31.3. The number of aryl methyl sites for hydroxylation is 3. The van der Waals surface area contributed by atoms with Crippen molar-refractivity contribution >= 4 is 22.8 Å². The molecule has 4 rings (SSSR count). The molecule has 0 aliphatic carbocycles. The number of unbranched alkanes of at least 4 members (excludes halogenated alkanes) is 4. The van der Waals surface area contributed by atoms with E-state index in [1.54, 1.807) is 0 Å². The van der Waals surface area contributed by atoms with Gasteiger partial charge in [0.25, 0.3) is 0 Å². The minimum absolute atomic E-state index is 0.835. The molecule has 230 valence electrons. The van der Waals surface area contributed by atoms with E-state index in [9.17, 15) is 0 Å². The Hall–Kier alpha value is -3.78. The summed E-state index contributed by atoms with van der Waals surface area (Å²) >= 11 is 0. The maximum atomic E-state index is 5.24. The van der Waals surface area contributed by atoms with Crippen LogP contribution in [0.5, 0.6) is 0 Å². The molecule has 0 saturated heterocycles. The largest absolute Gasteiger partial charge is 0.252 e. The van der Waals surface area contributed by atoms with Crippen LogP contribution in [0, 0.1) is 6.92 Å². The van der Waals surface area contributed by atoms with E-state index in [4.69, 9.17) is 9.98 Å². The summed E-state index contributed by atoms with van der Waals surface area (Å²) in [5.41, 5.74) is 14.9. The average Bonchev–Trinajstić information content (AvgIpc) is 3.05. The van der Waals surface area contributed by atoms with Gasteiger partial charge in [0.05, 0.1) is 22.8 Å². The van der Waals surface area contributed by atoms with Gasteiger partial charge in [-0.25, -0.2) is 0 Å². The van der Waals surface area contributed by atoms with E-state index in [2.05, 4.69) is 126 Å². The number of aliphatic imine (C=N–C) groups is 2. The van der Waals surface area contributed by atoms with Crippen molar-refractivity contribution in [2.45, 2.75) is 106 Å². The second kappa shape index (κ2) is 16.9. The van der Waals surface area contributed by atoms with Crippen LogP contribution in [0.4, 0.5) is 11.4 Å². The van der Waals surface area contributed by atoms with Gasteiger partial charge in [0.15, 0.2) is 0 Å². The minimum Gasteiger partial charge on any atom is -0.252 e. The highest BCUT2D eigenvalue weighted by Crippen LogP contribution is 2.35. The first kappa shape index (κ1) is 33.1. The second-order valence-electron chi connectivity index (χ2n) is 12.0. The van der Waals surface area contributed by atoms with Gasteiger partial charge in [-0.3, -0.25) is 9.98 Å². The fourth-order valence-corrected chi connectivity index (χ4v) is 6.35. The molecular weight excluding hydrogens is 532 g/mol. The first-order valence-corrected chi connectivity index (χ1v) is 17.0. The molecule has 4 aromatic carbocycles. The molecule has 0 spiro atoms. The molecule has 0 aliphatic heterocycles. The highest BCUT2D eigenvalue weighted by Gasteiger charge is 2.14. The smallest absolute Gasteiger partial charge is 0.0642 e. The van der Waals surface area contributed by atoms with Crippen LogP contribution in [0.2, 0.25) is 0 Å². The third kappa shape index (κ3) is 8.65. The quantitative estimate of drug-likeness (QED) is 0.0980. The van der Waals surface area contributed by atoms with Gasteiger partial charge < -0.3 is 0 Å². The van der Waals surface area contributed by atoms with E-state index in [0.717, 1.165) is 48.5 Å². The van der Waals surface area contributed by atoms with Gasteiger partial charge >= 0.3 is 0 Å². The SMILES string of the molecule is CCCCCCc1cc(N=C(C)C(CC)=Nc2cc(C)c(-c3ccccc3)c(CCCC)c2)cc(-c2ccccc2)c1CC.